The molecule has 1 aliphatic heterocycles. The standard InChI is InChI=1S/C9H11FN2.C2H6/c1-6-3-7(10)9-8(4-6)12(2)5-11-9;1-2/h3-4,11H,5H2,1-2H3;1-2H3. The second-order valence-electron chi connectivity index (χ2n) is 3.17. The zero-order valence-electron chi connectivity index (χ0n) is 9.19. The quantitative estimate of drug-likeness (QED) is 0.686. The topological polar surface area (TPSA) is 15.3 Å². The monoisotopic (exact) mass is 196 g/mol. The Morgan fingerprint density at radius 1 is 1.36 bits per heavy atom. The van der Waals surface area contributed by atoms with E-state index >= 15 is 0 Å². The molecule has 0 unspecified atom stereocenters. The Hall–Kier alpha value is -1.25. The molecule has 1 heterocycles. The molecule has 78 valence electrons. The predicted molar refractivity (Wildman–Crippen MR) is 59.4 cm³/mol. The van der Waals surface area contributed by atoms with Crippen molar-refractivity contribution in [1.29, 1.82) is 0 Å². The van der Waals surface area contributed by atoms with Crippen LogP contribution in [0.5, 0.6) is 0 Å². The van der Waals surface area contributed by atoms with E-state index in [0.717, 1.165) is 11.3 Å². The number of benzene rings is 1. The minimum absolute atomic E-state index is 0.158. The molecule has 2 nitrogen and oxygen atoms in total. The molecule has 1 aromatic rings. The molecule has 0 aliphatic carbocycles. The van der Waals surface area contributed by atoms with E-state index in [9.17, 15) is 4.39 Å². The number of hydrogen-bond acceptors (Lipinski definition) is 2. The fourth-order valence-electron chi connectivity index (χ4n) is 1.48. The molecular formula is C11H17FN2. The summed E-state index contributed by atoms with van der Waals surface area (Å²) in [6, 6.07) is 3.53. The highest BCUT2D eigenvalue weighted by Crippen LogP contribution is 2.33. The highest BCUT2D eigenvalue weighted by Gasteiger charge is 2.18. The van der Waals surface area contributed by atoms with Crippen LogP contribution in [0.2, 0.25) is 0 Å². The Labute approximate surface area is 84.7 Å². The summed E-state index contributed by atoms with van der Waals surface area (Å²) in [4.78, 5) is 1.99. The highest BCUT2D eigenvalue weighted by molar-refractivity contribution is 5.75. The fraction of sp³-hybridized carbons (Fsp3) is 0.455. The normalized spacial score (nSPS) is 12.8. The van der Waals surface area contributed by atoms with Crippen LogP contribution in [-0.2, 0) is 0 Å². The molecule has 2 rings (SSSR count). The van der Waals surface area contributed by atoms with Gasteiger partial charge in [-0.25, -0.2) is 4.39 Å². The number of nitrogens with one attached hydrogen (secondary N) is 1. The van der Waals surface area contributed by atoms with Crippen molar-refractivity contribution in [3.8, 4) is 0 Å². The van der Waals surface area contributed by atoms with Gasteiger partial charge in [0.25, 0.3) is 0 Å². The molecule has 0 spiro atoms. The van der Waals surface area contributed by atoms with Crippen molar-refractivity contribution in [2.24, 2.45) is 0 Å². The first-order valence-electron chi connectivity index (χ1n) is 4.93. The number of rotatable bonds is 0. The fourth-order valence-corrected chi connectivity index (χ4v) is 1.48. The summed E-state index contributed by atoms with van der Waals surface area (Å²) < 4.78 is 13.2. The molecule has 1 aliphatic rings. The van der Waals surface area contributed by atoms with E-state index in [1.807, 2.05) is 38.8 Å². The van der Waals surface area contributed by atoms with Crippen LogP contribution >= 0.6 is 0 Å². The first-order chi connectivity index (χ1) is 6.68. The largest absolute Gasteiger partial charge is 0.364 e. The lowest BCUT2D eigenvalue weighted by Crippen LogP contribution is -2.15. The number of anilines is 2. The molecular weight excluding hydrogens is 179 g/mol. The summed E-state index contributed by atoms with van der Waals surface area (Å²) in [5.41, 5.74) is 2.54. The molecule has 1 N–H and O–H groups in total. The van der Waals surface area contributed by atoms with Gasteiger partial charge in [-0.15, -0.1) is 0 Å². The Morgan fingerprint density at radius 3 is 2.64 bits per heavy atom. The average Bonchev–Trinajstić information content (AvgIpc) is 2.52. The van der Waals surface area contributed by atoms with Crippen LogP contribution in [0.1, 0.15) is 19.4 Å². The van der Waals surface area contributed by atoms with Gasteiger partial charge in [0.15, 0.2) is 0 Å². The van der Waals surface area contributed by atoms with Crippen molar-refractivity contribution in [2.75, 3.05) is 23.9 Å². The minimum Gasteiger partial charge on any atom is -0.364 e. The molecule has 0 radical (unpaired) electrons. The third-order valence-electron chi connectivity index (χ3n) is 2.12. The molecule has 0 amide bonds. The average molecular weight is 196 g/mol. The van der Waals surface area contributed by atoms with E-state index in [0.29, 0.717) is 12.4 Å². The van der Waals surface area contributed by atoms with Crippen molar-refractivity contribution < 1.29 is 4.39 Å². The molecule has 0 saturated carbocycles. The van der Waals surface area contributed by atoms with E-state index in [-0.39, 0.29) is 5.82 Å². The van der Waals surface area contributed by atoms with Crippen LogP contribution in [0, 0.1) is 12.7 Å². The van der Waals surface area contributed by atoms with Crippen molar-refractivity contribution in [3.63, 3.8) is 0 Å². The number of hydrogen-bond donors (Lipinski definition) is 1. The van der Waals surface area contributed by atoms with Crippen LogP contribution in [-0.4, -0.2) is 13.7 Å². The van der Waals surface area contributed by atoms with Gasteiger partial charge in [0.05, 0.1) is 18.0 Å². The van der Waals surface area contributed by atoms with Gasteiger partial charge in [-0.1, -0.05) is 13.8 Å². The molecule has 14 heavy (non-hydrogen) atoms. The molecule has 3 heteroatoms. The van der Waals surface area contributed by atoms with Gasteiger partial charge in [-0.05, 0) is 24.6 Å². The lowest BCUT2D eigenvalue weighted by atomic mass is 10.2. The third kappa shape index (κ3) is 1.81. The zero-order valence-corrected chi connectivity index (χ0v) is 9.19. The van der Waals surface area contributed by atoms with Gasteiger partial charge in [0.2, 0.25) is 0 Å². The number of aryl methyl sites for hydroxylation is 1. The van der Waals surface area contributed by atoms with Crippen LogP contribution < -0.4 is 10.2 Å². The van der Waals surface area contributed by atoms with Crippen molar-refractivity contribution in [2.45, 2.75) is 20.8 Å². The SMILES string of the molecule is CC.Cc1cc(F)c2c(c1)N(C)CN2. The second kappa shape index (κ2) is 4.31. The van der Waals surface area contributed by atoms with E-state index in [2.05, 4.69) is 5.32 Å². The van der Waals surface area contributed by atoms with Gasteiger partial charge in [0.1, 0.15) is 5.82 Å². The maximum atomic E-state index is 13.2. The predicted octanol–water partition coefficient (Wildman–Crippen LogP) is 2.98. The Kier molecular flexibility index (Phi) is 3.33. The summed E-state index contributed by atoms with van der Waals surface area (Å²) in [6.07, 6.45) is 0. The van der Waals surface area contributed by atoms with Crippen molar-refractivity contribution in [1.82, 2.24) is 0 Å². The van der Waals surface area contributed by atoms with Crippen molar-refractivity contribution in [3.05, 3.63) is 23.5 Å². The first-order valence-corrected chi connectivity index (χ1v) is 4.93. The molecule has 0 fully saturated rings. The maximum Gasteiger partial charge on any atom is 0.148 e. The summed E-state index contributed by atoms with van der Waals surface area (Å²) in [7, 11) is 1.94. The van der Waals surface area contributed by atoms with Gasteiger partial charge >= 0.3 is 0 Å². The van der Waals surface area contributed by atoms with E-state index < -0.39 is 0 Å². The first kappa shape index (κ1) is 10.8. The van der Waals surface area contributed by atoms with Gasteiger partial charge < -0.3 is 10.2 Å². The highest BCUT2D eigenvalue weighted by atomic mass is 19.1. The van der Waals surface area contributed by atoms with E-state index in [4.69, 9.17) is 0 Å². The van der Waals surface area contributed by atoms with Crippen LogP contribution in [0.15, 0.2) is 12.1 Å². The Bertz CT molecular complexity index is 323. The Balaban J connectivity index is 0.000000461. The second-order valence-corrected chi connectivity index (χ2v) is 3.17. The lowest BCUT2D eigenvalue weighted by molar-refractivity contribution is 0.631. The summed E-state index contributed by atoms with van der Waals surface area (Å²) in [5.74, 6) is -0.158. The number of fused-ring (bicyclic) bond motifs is 1. The number of halogens is 1. The summed E-state index contributed by atoms with van der Waals surface area (Å²) in [5, 5.41) is 3.00. The van der Waals surface area contributed by atoms with E-state index in [1.165, 1.54) is 0 Å². The molecule has 0 aromatic heterocycles. The summed E-state index contributed by atoms with van der Waals surface area (Å²) >= 11 is 0. The molecule has 1 aromatic carbocycles. The third-order valence-corrected chi connectivity index (χ3v) is 2.12. The van der Waals surface area contributed by atoms with Crippen LogP contribution in [0.3, 0.4) is 0 Å². The molecule has 0 saturated heterocycles. The Morgan fingerprint density at radius 2 is 2.00 bits per heavy atom. The van der Waals surface area contributed by atoms with E-state index in [1.54, 1.807) is 6.07 Å². The molecule has 0 atom stereocenters. The number of nitrogens with zero attached hydrogens (tertiary/aromatic N) is 1. The minimum atomic E-state index is -0.158. The van der Waals surface area contributed by atoms with Crippen molar-refractivity contribution >= 4 is 11.4 Å². The summed E-state index contributed by atoms with van der Waals surface area (Å²) in [6.45, 7) is 6.59. The maximum absolute atomic E-state index is 13.2. The smallest absolute Gasteiger partial charge is 0.148 e. The zero-order chi connectivity index (χ0) is 10.7. The molecule has 0 bridgehead atoms. The lowest BCUT2D eigenvalue weighted by Gasteiger charge is -2.09. The van der Waals surface area contributed by atoms with Gasteiger partial charge in [0, 0.05) is 7.05 Å². The van der Waals surface area contributed by atoms with Gasteiger partial charge in [-0.2, -0.15) is 0 Å². The van der Waals surface area contributed by atoms with Gasteiger partial charge in [-0.3, -0.25) is 0 Å². The van der Waals surface area contributed by atoms with Crippen LogP contribution in [0.4, 0.5) is 15.8 Å². The van der Waals surface area contributed by atoms with Crippen LogP contribution in [0.25, 0.3) is 0 Å².